The summed E-state index contributed by atoms with van der Waals surface area (Å²) in [5.41, 5.74) is 7.77. The molecule has 1 heterocycles. The molecule has 0 aliphatic rings. The Labute approximate surface area is 131 Å². The monoisotopic (exact) mass is 300 g/mol. The Morgan fingerprint density at radius 3 is 2.45 bits per heavy atom. The van der Waals surface area contributed by atoms with E-state index in [1.807, 2.05) is 25.1 Å². The van der Waals surface area contributed by atoms with E-state index in [1.165, 1.54) is 5.56 Å². The summed E-state index contributed by atoms with van der Waals surface area (Å²) in [5.74, 6) is 2.11. The number of hydrogen-bond donors (Lipinski definition) is 2. The maximum absolute atomic E-state index is 6.15. The third-order valence-corrected chi connectivity index (χ3v) is 3.23. The molecule has 2 rings (SSSR count). The number of ether oxygens (including phenoxy) is 1. The number of nitrogens with two attached hydrogens (primary N) is 1. The summed E-state index contributed by atoms with van der Waals surface area (Å²) >= 11 is 0. The molecular weight excluding hydrogens is 276 g/mol. The Hall–Kier alpha value is -2.30. The fraction of sp³-hybridized carbons (Fsp3) is 0.412. The Kier molecular flexibility index (Phi) is 5.20. The SMILES string of the molecule is Cc1nc(NC(C)c2ccccc2)c(N)c(OCC(C)C)n1. The number of benzene rings is 1. The molecule has 0 spiro atoms. The Morgan fingerprint density at radius 2 is 1.82 bits per heavy atom. The van der Waals surface area contributed by atoms with Gasteiger partial charge in [-0.1, -0.05) is 44.2 Å². The zero-order valence-electron chi connectivity index (χ0n) is 13.6. The summed E-state index contributed by atoms with van der Waals surface area (Å²) in [6.45, 7) is 8.65. The van der Waals surface area contributed by atoms with Crippen molar-refractivity contribution in [1.82, 2.24) is 9.97 Å². The lowest BCUT2D eigenvalue weighted by Gasteiger charge is -2.18. The highest BCUT2D eigenvalue weighted by Crippen LogP contribution is 2.29. The number of hydrogen-bond acceptors (Lipinski definition) is 5. The second-order valence-electron chi connectivity index (χ2n) is 5.82. The molecule has 118 valence electrons. The first-order chi connectivity index (χ1) is 10.5. The zero-order valence-corrected chi connectivity index (χ0v) is 13.6. The predicted octanol–water partition coefficient (Wildman–Crippen LogP) is 3.58. The summed E-state index contributed by atoms with van der Waals surface area (Å²) in [4.78, 5) is 8.69. The maximum atomic E-state index is 6.15. The molecule has 1 aromatic carbocycles. The van der Waals surface area contributed by atoms with Gasteiger partial charge in [0.1, 0.15) is 11.5 Å². The fourth-order valence-corrected chi connectivity index (χ4v) is 2.05. The van der Waals surface area contributed by atoms with E-state index >= 15 is 0 Å². The first-order valence-electron chi connectivity index (χ1n) is 7.55. The molecule has 2 aromatic rings. The van der Waals surface area contributed by atoms with E-state index in [-0.39, 0.29) is 6.04 Å². The summed E-state index contributed by atoms with van der Waals surface area (Å²) in [5, 5.41) is 3.34. The van der Waals surface area contributed by atoms with Crippen molar-refractivity contribution in [3.8, 4) is 5.88 Å². The molecule has 1 unspecified atom stereocenters. The van der Waals surface area contributed by atoms with Crippen LogP contribution in [0.3, 0.4) is 0 Å². The van der Waals surface area contributed by atoms with Crippen LogP contribution in [0.15, 0.2) is 30.3 Å². The lowest BCUT2D eigenvalue weighted by Crippen LogP contribution is -2.14. The average molecular weight is 300 g/mol. The molecule has 0 aliphatic heterocycles. The molecule has 0 saturated carbocycles. The van der Waals surface area contributed by atoms with Crippen LogP contribution in [0.4, 0.5) is 11.5 Å². The normalized spacial score (nSPS) is 12.2. The topological polar surface area (TPSA) is 73.1 Å². The number of nitrogen functional groups attached to an aromatic ring is 1. The number of anilines is 2. The van der Waals surface area contributed by atoms with Crippen LogP contribution in [-0.4, -0.2) is 16.6 Å². The lowest BCUT2D eigenvalue weighted by atomic mass is 10.1. The van der Waals surface area contributed by atoms with Gasteiger partial charge >= 0.3 is 0 Å². The molecule has 0 amide bonds. The largest absolute Gasteiger partial charge is 0.476 e. The number of rotatable bonds is 6. The number of aryl methyl sites for hydroxylation is 1. The predicted molar refractivity (Wildman–Crippen MR) is 90.0 cm³/mol. The molecule has 1 atom stereocenters. The van der Waals surface area contributed by atoms with Gasteiger partial charge in [0.05, 0.1) is 12.6 Å². The van der Waals surface area contributed by atoms with Crippen molar-refractivity contribution in [2.45, 2.75) is 33.7 Å². The first-order valence-corrected chi connectivity index (χ1v) is 7.55. The molecular formula is C17H24N4O. The average Bonchev–Trinajstić information content (AvgIpc) is 2.49. The molecule has 22 heavy (non-hydrogen) atoms. The molecule has 5 nitrogen and oxygen atoms in total. The van der Waals surface area contributed by atoms with Crippen molar-refractivity contribution >= 4 is 11.5 Å². The highest BCUT2D eigenvalue weighted by atomic mass is 16.5. The van der Waals surface area contributed by atoms with Gasteiger partial charge in [0, 0.05) is 0 Å². The van der Waals surface area contributed by atoms with Gasteiger partial charge in [-0.3, -0.25) is 0 Å². The third kappa shape index (κ3) is 4.10. The summed E-state index contributed by atoms with van der Waals surface area (Å²) in [6, 6.07) is 10.3. The van der Waals surface area contributed by atoms with Crippen LogP contribution < -0.4 is 15.8 Å². The smallest absolute Gasteiger partial charge is 0.242 e. The van der Waals surface area contributed by atoms with Crippen LogP contribution in [0.5, 0.6) is 5.88 Å². The minimum atomic E-state index is 0.0933. The lowest BCUT2D eigenvalue weighted by molar-refractivity contribution is 0.262. The van der Waals surface area contributed by atoms with Gasteiger partial charge in [0.2, 0.25) is 5.88 Å². The molecule has 3 N–H and O–H groups in total. The van der Waals surface area contributed by atoms with Crippen LogP contribution in [0.25, 0.3) is 0 Å². The molecule has 0 fully saturated rings. The molecule has 0 saturated heterocycles. The Balaban J connectivity index is 2.20. The van der Waals surface area contributed by atoms with Gasteiger partial charge in [-0.15, -0.1) is 0 Å². The van der Waals surface area contributed by atoms with Gasteiger partial charge in [-0.2, -0.15) is 4.98 Å². The highest BCUT2D eigenvalue weighted by Gasteiger charge is 2.14. The van der Waals surface area contributed by atoms with Crippen LogP contribution in [0, 0.1) is 12.8 Å². The van der Waals surface area contributed by atoms with Gasteiger partial charge in [-0.05, 0) is 25.3 Å². The molecule has 1 aromatic heterocycles. The van der Waals surface area contributed by atoms with E-state index in [0.29, 0.717) is 35.7 Å². The number of aromatic nitrogens is 2. The molecule has 0 bridgehead atoms. The quantitative estimate of drug-likeness (QED) is 0.853. The minimum absolute atomic E-state index is 0.0933. The van der Waals surface area contributed by atoms with E-state index in [2.05, 4.69) is 48.2 Å². The van der Waals surface area contributed by atoms with Crippen molar-refractivity contribution in [2.75, 3.05) is 17.7 Å². The van der Waals surface area contributed by atoms with E-state index in [9.17, 15) is 0 Å². The van der Waals surface area contributed by atoms with E-state index in [0.717, 1.165) is 0 Å². The van der Waals surface area contributed by atoms with E-state index < -0.39 is 0 Å². The number of nitrogens with one attached hydrogen (secondary N) is 1. The molecule has 0 radical (unpaired) electrons. The van der Waals surface area contributed by atoms with E-state index in [1.54, 1.807) is 0 Å². The minimum Gasteiger partial charge on any atom is -0.476 e. The fourth-order valence-electron chi connectivity index (χ4n) is 2.05. The van der Waals surface area contributed by atoms with Crippen molar-refractivity contribution in [1.29, 1.82) is 0 Å². The highest BCUT2D eigenvalue weighted by molar-refractivity contribution is 5.67. The van der Waals surface area contributed by atoms with Crippen LogP contribution >= 0.6 is 0 Å². The standard InChI is InChI=1S/C17H24N4O/c1-11(2)10-22-17-15(18)16(20-13(4)21-17)19-12(3)14-8-6-5-7-9-14/h5-9,11-12H,10,18H2,1-4H3,(H,19,20,21). The zero-order chi connectivity index (χ0) is 16.1. The second-order valence-corrected chi connectivity index (χ2v) is 5.82. The Morgan fingerprint density at radius 1 is 1.14 bits per heavy atom. The summed E-state index contributed by atoms with van der Waals surface area (Å²) in [6.07, 6.45) is 0. The number of nitrogens with zero attached hydrogens (tertiary/aromatic N) is 2. The Bertz CT molecular complexity index is 614. The van der Waals surface area contributed by atoms with Gasteiger partial charge in [-0.25, -0.2) is 4.98 Å². The maximum Gasteiger partial charge on any atom is 0.242 e. The van der Waals surface area contributed by atoms with Crippen molar-refractivity contribution in [3.05, 3.63) is 41.7 Å². The van der Waals surface area contributed by atoms with Crippen LogP contribution in [0.2, 0.25) is 0 Å². The molecule has 5 heteroatoms. The van der Waals surface area contributed by atoms with Crippen LogP contribution in [0.1, 0.15) is 38.2 Å². The van der Waals surface area contributed by atoms with Gasteiger partial charge in [0.25, 0.3) is 0 Å². The third-order valence-electron chi connectivity index (χ3n) is 3.23. The van der Waals surface area contributed by atoms with E-state index in [4.69, 9.17) is 10.5 Å². The van der Waals surface area contributed by atoms with Crippen molar-refractivity contribution < 1.29 is 4.74 Å². The van der Waals surface area contributed by atoms with Crippen molar-refractivity contribution in [2.24, 2.45) is 5.92 Å². The summed E-state index contributed by atoms with van der Waals surface area (Å²) < 4.78 is 5.69. The molecule has 0 aliphatic carbocycles. The summed E-state index contributed by atoms with van der Waals surface area (Å²) in [7, 11) is 0. The second kappa shape index (κ2) is 7.11. The van der Waals surface area contributed by atoms with Gasteiger partial charge in [0.15, 0.2) is 5.82 Å². The van der Waals surface area contributed by atoms with Crippen molar-refractivity contribution in [3.63, 3.8) is 0 Å². The van der Waals surface area contributed by atoms with Gasteiger partial charge < -0.3 is 15.8 Å². The van der Waals surface area contributed by atoms with Crippen LogP contribution in [-0.2, 0) is 0 Å². The first kappa shape index (κ1) is 16.1.